The summed E-state index contributed by atoms with van der Waals surface area (Å²) < 4.78 is 12.6. The van der Waals surface area contributed by atoms with E-state index >= 15 is 0 Å². The van der Waals surface area contributed by atoms with Gasteiger partial charge in [-0.1, -0.05) is 35.5 Å². The lowest BCUT2D eigenvalue weighted by Gasteiger charge is -2.24. The number of methoxy groups -OCH3 is 1. The molecule has 162 valence electrons. The second kappa shape index (κ2) is 8.70. The second-order valence-electron chi connectivity index (χ2n) is 7.91. The molecule has 2 heterocycles. The van der Waals surface area contributed by atoms with Gasteiger partial charge in [0.15, 0.2) is 11.5 Å². The molecule has 0 bridgehead atoms. The molecule has 2 aromatic heterocycles. The Labute approximate surface area is 186 Å². The number of amides is 1. The first kappa shape index (κ1) is 20.1. The van der Waals surface area contributed by atoms with Gasteiger partial charge in [0.1, 0.15) is 5.75 Å². The summed E-state index contributed by atoms with van der Waals surface area (Å²) in [5.74, 6) is 1.05. The highest BCUT2D eigenvalue weighted by atomic mass is 16.5. The molecule has 1 atom stereocenters. The van der Waals surface area contributed by atoms with Crippen molar-refractivity contribution in [2.45, 2.75) is 31.8 Å². The van der Waals surface area contributed by atoms with Gasteiger partial charge in [0.2, 0.25) is 0 Å². The molecule has 7 nitrogen and oxygen atoms in total. The van der Waals surface area contributed by atoms with Gasteiger partial charge in [0.05, 0.1) is 25.9 Å². The van der Waals surface area contributed by atoms with E-state index in [4.69, 9.17) is 9.26 Å². The van der Waals surface area contributed by atoms with Gasteiger partial charge >= 0.3 is 0 Å². The Morgan fingerprint density at radius 2 is 2.00 bits per heavy atom. The third-order valence-corrected chi connectivity index (χ3v) is 5.86. The summed E-state index contributed by atoms with van der Waals surface area (Å²) in [6, 6.07) is 19.3. The normalized spacial score (nSPS) is 15.2. The third-order valence-electron chi connectivity index (χ3n) is 5.86. The lowest BCUT2D eigenvalue weighted by atomic mass is 9.92. The van der Waals surface area contributed by atoms with Gasteiger partial charge in [0, 0.05) is 22.9 Å². The average Bonchev–Trinajstić information content (AvgIpc) is 3.49. The molecule has 1 N–H and O–H groups in total. The summed E-state index contributed by atoms with van der Waals surface area (Å²) in [6.07, 6.45) is 4.71. The number of carbonyl (C=O) groups is 1. The summed E-state index contributed by atoms with van der Waals surface area (Å²) >= 11 is 0. The molecule has 5 rings (SSSR count). The van der Waals surface area contributed by atoms with Crippen molar-refractivity contribution in [1.29, 1.82) is 0 Å². The molecule has 0 aliphatic heterocycles. The molecule has 0 saturated carbocycles. The van der Waals surface area contributed by atoms with Crippen LogP contribution in [0.2, 0.25) is 0 Å². The first-order valence-electron chi connectivity index (χ1n) is 10.7. The number of hydrogen-bond donors (Lipinski definition) is 1. The van der Waals surface area contributed by atoms with E-state index in [0.717, 1.165) is 42.7 Å². The number of ether oxygens (including phenoxy) is 1. The van der Waals surface area contributed by atoms with Crippen molar-refractivity contribution in [2.24, 2.45) is 0 Å². The zero-order valence-corrected chi connectivity index (χ0v) is 17.8. The maximum Gasteiger partial charge on any atom is 0.273 e. The van der Waals surface area contributed by atoms with Gasteiger partial charge in [0.25, 0.3) is 5.91 Å². The second-order valence-corrected chi connectivity index (χ2v) is 7.91. The van der Waals surface area contributed by atoms with Crippen LogP contribution in [0.3, 0.4) is 0 Å². The Balaban J connectivity index is 1.30. The van der Waals surface area contributed by atoms with Crippen molar-refractivity contribution in [1.82, 2.24) is 20.3 Å². The zero-order valence-electron chi connectivity index (χ0n) is 17.8. The van der Waals surface area contributed by atoms with E-state index in [2.05, 4.69) is 27.7 Å². The monoisotopic (exact) mass is 428 g/mol. The molecule has 1 aliphatic carbocycles. The molecule has 32 heavy (non-hydrogen) atoms. The Kier molecular flexibility index (Phi) is 5.46. The summed E-state index contributed by atoms with van der Waals surface area (Å²) in [5, 5.41) is 11.7. The molecule has 0 fully saturated rings. The predicted molar refractivity (Wildman–Crippen MR) is 119 cm³/mol. The van der Waals surface area contributed by atoms with Crippen molar-refractivity contribution >= 4 is 5.91 Å². The van der Waals surface area contributed by atoms with Crippen LogP contribution < -0.4 is 10.1 Å². The maximum atomic E-state index is 12.9. The van der Waals surface area contributed by atoms with E-state index in [1.54, 1.807) is 13.2 Å². The Bertz CT molecular complexity index is 1210. The SMILES string of the molecule is COc1ccc(-c2cc(C(=O)NC3CCCc4c3cnn4Cc3ccccc3)no2)cc1. The van der Waals surface area contributed by atoms with Crippen LogP contribution in [0.5, 0.6) is 5.75 Å². The van der Waals surface area contributed by atoms with Gasteiger partial charge in [-0.05, 0) is 49.1 Å². The van der Waals surface area contributed by atoms with Crippen LogP contribution in [0.4, 0.5) is 0 Å². The fourth-order valence-corrected chi connectivity index (χ4v) is 4.17. The smallest absolute Gasteiger partial charge is 0.273 e. The van der Waals surface area contributed by atoms with Crippen LogP contribution in [0.25, 0.3) is 11.3 Å². The number of rotatable bonds is 6. The van der Waals surface area contributed by atoms with Crippen LogP contribution in [-0.4, -0.2) is 28.0 Å². The van der Waals surface area contributed by atoms with Gasteiger partial charge in [-0.15, -0.1) is 0 Å². The minimum Gasteiger partial charge on any atom is -0.497 e. The molecule has 1 amide bonds. The first-order valence-corrected chi connectivity index (χ1v) is 10.7. The molecule has 1 aliphatic rings. The van der Waals surface area contributed by atoms with Gasteiger partial charge < -0.3 is 14.6 Å². The largest absolute Gasteiger partial charge is 0.497 e. The summed E-state index contributed by atoms with van der Waals surface area (Å²) in [5.41, 5.74) is 4.57. The van der Waals surface area contributed by atoms with E-state index in [1.165, 1.54) is 11.3 Å². The molecule has 0 saturated heterocycles. The van der Waals surface area contributed by atoms with Gasteiger partial charge in [-0.3, -0.25) is 9.48 Å². The van der Waals surface area contributed by atoms with Crippen LogP contribution in [0.1, 0.15) is 46.2 Å². The van der Waals surface area contributed by atoms with Crippen molar-refractivity contribution in [3.8, 4) is 17.1 Å². The topological polar surface area (TPSA) is 82.2 Å². The Morgan fingerprint density at radius 1 is 1.19 bits per heavy atom. The molecular formula is C25H24N4O3. The zero-order chi connectivity index (χ0) is 21.9. The number of benzene rings is 2. The molecular weight excluding hydrogens is 404 g/mol. The van der Waals surface area contributed by atoms with E-state index in [1.807, 2.05) is 53.3 Å². The molecule has 2 aromatic carbocycles. The van der Waals surface area contributed by atoms with Crippen molar-refractivity contribution in [3.63, 3.8) is 0 Å². The highest BCUT2D eigenvalue weighted by Crippen LogP contribution is 2.30. The standard InChI is InChI=1S/C25H24N4O3/c1-31-19-12-10-18(11-13-19)24-14-22(28-32-24)25(30)27-21-8-5-9-23-20(21)15-26-29(23)16-17-6-3-2-4-7-17/h2-4,6-7,10-15,21H,5,8-9,16H2,1H3,(H,27,30). The summed E-state index contributed by atoms with van der Waals surface area (Å²) in [6.45, 7) is 0.728. The van der Waals surface area contributed by atoms with Crippen LogP contribution in [-0.2, 0) is 13.0 Å². The fraction of sp³-hybridized carbons (Fsp3) is 0.240. The molecule has 7 heteroatoms. The number of fused-ring (bicyclic) bond motifs is 1. The lowest BCUT2D eigenvalue weighted by molar-refractivity contribution is 0.0923. The summed E-state index contributed by atoms with van der Waals surface area (Å²) in [7, 11) is 1.62. The lowest BCUT2D eigenvalue weighted by Crippen LogP contribution is -2.31. The van der Waals surface area contributed by atoms with Crippen molar-refractivity contribution < 1.29 is 14.1 Å². The quantitative estimate of drug-likeness (QED) is 0.492. The number of carbonyl (C=O) groups excluding carboxylic acids is 1. The molecule has 4 aromatic rings. The molecule has 0 radical (unpaired) electrons. The van der Waals surface area contributed by atoms with Crippen LogP contribution >= 0.6 is 0 Å². The third kappa shape index (κ3) is 4.01. The van der Waals surface area contributed by atoms with E-state index in [-0.39, 0.29) is 17.6 Å². The van der Waals surface area contributed by atoms with Crippen molar-refractivity contribution in [3.05, 3.63) is 89.4 Å². The average molecular weight is 428 g/mol. The first-order chi connectivity index (χ1) is 15.7. The number of hydrogen-bond acceptors (Lipinski definition) is 5. The number of nitrogens with zero attached hydrogens (tertiary/aromatic N) is 3. The minimum absolute atomic E-state index is 0.0862. The van der Waals surface area contributed by atoms with E-state index in [9.17, 15) is 4.79 Å². The number of aromatic nitrogens is 3. The molecule has 0 spiro atoms. The highest BCUT2D eigenvalue weighted by Gasteiger charge is 2.27. The minimum atomic E-state index is -0.248. The maximum absolute atomic E-state index is 12.9. The summed E-state index contributed by atoms with van der Waals surface area (Å²) in [4.78, 5) is 12.9. The Hall–Kier alpha value is -3.87. The van der Waals surface area contributed by atoms with Crippen LogP contribution in [0.15, 0.2) is 71.4 Å². The Morgan fingerprint density at radius 3 is 2.78 bits per heavy atom. The molecule has 1 unspecified atom stereocenters. The predicted octanol–water partition coefficient (Wildman–Crippen LogP) is 4.40. The van der Waals surface area contributed by atoms with E-state index < -0.39 is 0 Å². The number of nitrogens with one attached hydrogen (secondary N) is 1. The van der Waals surface area contributed by atoms with Gasteiger partial charge in [-0.2, -0.15) is 5.10 Å². The van der Waals surface area contributed by atoms with Crippen molar-refractivity contribution in [2.75, 3.05) is 7.11 Å². The highest BCUT2D eigenvalue weighted by molar-refractivity contribution is 5.93. The van der Waals surface area contributed by atoms with Crippen LogP contribution in [0, 0.1) is 0 Å². The fourth-order valence-electron chi connectivity index (χ4n) is 4.17. The van der Waals surface area contributed by atoms with Gasteiger partial charge in [-0.25, -0.2) is 0 Å². The van der Waals surface area contributed by atoms with E-state index in [0.29, 0.717) is 5.76 Å².